The molecule has 0 N–H and O–H groups in total. The minimum atomic E-state index is 0.129. The third-order valence-electron chi connectivity index (χ3n) is 7.08. The maximum absolute atomic E-state index is 6.58. The number of aryl methyl sites for hydroxylation is 4. The van der Waals surface area contributed by atoms with Gasteiger partial charge in [0.2, 0.25) is 0 Å². The van der Waals surface area contributed by atoms with Crippen molar-refractivity contribution in [3.05, 3.63) is 99.6 Å². The summed E-state index contributed by atoms with van der Waals surface area (Å²) in [7, 11) is 0. The largest absolute Gasteiger partial charge is 0.488 e. The van der Waals surface area contributed by atoms with Crippen molar-refractivity contribution in [2.75, 3.05) is 0 Å². The highest BCUT2D eigenvalue weighted by Gasteiger charge is 2.21. The molecule has 1 aliphatic carbocycles. The van der Waals surface area contributed by atoms with Crippen LogP contribution in [0.3, 0.4) is 0 Å². The van der Waals surface area contributed by atoms with E-state index in [1.165, 1.54) is 38.9 Å². The number of rotatable bonds is 3. The van der Waals surface area contributed by atoms with Gasteiger partial charge in [-0.2, -0.15) is 0 Å². The lowest BCUT2D eigenvalue weighted by Crippen LogP contribution is -2.14. The monoisotopic (exact) mass is 454 g/mol. The first kappa shape index (κ1) is 24.6. The first-order valence-electron chi connectivity index (χ1n) is 13.1. The Labute approximate surface area is 207 Å². The topological polar surface area (TPSA) is 9.23 Å². The quantitative estimate of drug-likeness (QED) is 0.385. The van der Waals surface area contributed by atoms with Crippen LogP contribution in [-0.4, -0.2) is 0 Å². The summed E-state index contributed by atoms with van der Waals surface area (Å²) in [4.78, 5) is 0. The van der Waals surface area contributed by atoms with E-state index in [-0.39, 0.29) is 10.8 Å². The highest BCUT2D eigenvalue weighted by atomic mass is 16.5. The Morgan fingerprint density at radius 2 is 1.12 bits per heavy atom. The predicted octanol–water partition coefficient (Wildman–Crippen LogP) is 8.52. The van der Waals surface area contributed by atoms with Gasteiger partial charge in [-0.1, -0.05) is 102 Å². The SMILES string of the molecule is CC(C)(C)c1cc2cc(c1)CCCc1cc(C(C)(C)C)cc(c1OCc1ccccc1)CCC2. The molecule has 0 heterocycles. The van der Waals surface area contributed by atoms with Gasteiger partial charge in [0.1, 0.15) is 12.4 Å². The zero-order valence-electron chi connectivity index (χ0n) is 22.1. The number of benzene rings is 3. The molecule has 3 aromatic carbocycles. The lowest BCUT2D eigenvalue weighted by atomic mass is 9.82. The van der Waals surface area contributed by atoms with Crippen LogP contribution in [0, 0.1) is 0 Å². The Kier molecular flexibility index (Phi) is 7.22. The van der Waals surface area contributed by atoms with Gasteiger partial charge in [-0.3, -0.25) is 0 Å². The molecule has 1 aliphatic rings. The highest BCUT2D eigenvalue weighted by Crippen LogP contribution is 2.35. The summed E-state index contributed by atoms with van der Waals surface area (Å²) in [5.41, 5.74) is 10.2. The maximum atomic E-state index is 6.58. The van der Waals surface area contributed by atoms with Crippen molar-refractivity contribution < 1.29 is 4.74 Å². The van der Waals surface area contributed by atoms with Crippen LogP contribution in [-0.2, 0) is 43.1 Å². The summed E-state index contributed by atoms with van der Waals surface area (Å²) in [6.07, 6.45) is 6.62. The Morgan fingerprint density at radius 1 is 0.618 bits per heavy atom. The van der Waals surface area contributed by atoms with E-state index >= 15 is 0 Å². The summed E-state index contributed by atoms with van der Waals surface area (Å²) in [5.74, 6) is 1.14. The second-order valence-corrected chi connectivity index (χ2v) is 12.1. The van der Waals surface area contributed by atoms with Gasteiger partial charge < -0.3 is 4.74 Å². The van der Waals surface area contributed by atoms with Crippen molar-refractivity contribution in [1.29, 1.82) is 0 Å². The fraction of sp³-hybridized carbons (Fsp3) is 0.455. The Hall–Kier alpha value is -2.54. The molecule has 3 aromatic rings. The van der Waals surface area contributed by atoms with E-state index in [9.17, 15) is 0 Å². The van der Waals surface area contributed by atoms with E-state index in [4.69, 9.17) is 4.74 Å². The molecule has 0 atom stereocenters. The predicted molar refractivity (Wildman–Crippen MR) is 145 cm³/mol. The molecule has 0 radical (unpaired) electrons. The molecule has 0 saturated carbocycles. The minimum Gasteiger partial charge on any atom is -0.488 e. The molecule has 1 heteroatoms. The van der Waals surface area contributed by atoms with Crippen molar-refractivity contribution in [2.24, 2.45) is 0 Å². The van der Waals surface area contributed by atoms with E-state index < -0.39 is 0 Å². The van der Waals surface area contributed by atoms with Gasteiger partial charge in [-0.25, -0.2) is 0 Å². The summed E-state index contributed by atoms with van der Waals surface area (Å²) in [6.45, 7) is 14.6. The zero-order chi connectivity index (χ0) is 24.3. The van der Waals surface area contributed by atoms with E-state index in [1.807, 2.05) is 0 Å². The first-order chi connectivity index (χ1) is 16.1. The molecule has 0 amide bonds. The normalized spacial score (nSPS) is 14.8. The summed E-state index contributed by atoms with van der Waals surface area (Å²) in [6, 6.07) is 22.7. The molecule has 0 fully saturated rings. The summed E-state index contributed by atoms with van der Waals surface area (Å²) in [5, 5.41) is 0. The van der Waals surface area contributed by atoms with Crippen molar-refractivity contribution in [3.8, 4) is 5.75 Å². The first-order valence-corrected chi connectivity index (χ1v) is 13.1. The van der Waals surface area contributed by atoms with Crippen LogP contribution in [0.1, 0.15) is 93.3 Å². The second kappa shape index (κ2) is 9.98. The Bertz CT molecular complexity index is 1060. The van der Waals surface area contributed by atoms with E-state index in [0.717, 1.165) is 44.3 Å². The molecule has 4 rings (SSSR count). The fourth-order valence-electron chi connectivity index (χ4n) is 4.92. The molecular weight excluding hydrogens is 412 g/mol. The van der Waals surface area contributed by atoms with Crippen LogP contribution in [0.25, 0.3) is 0 Å². The lowest BCUT2D eigenvalue weighted by Gasteiger charge is -2.25. The molecule has 0 spiro atoms. The Balaban J connectivity index is 1.68. The smallest absolute Gasteiger partial charge is 0.126 e. The van der Waals surface area contributed by atoms with Crippen LogP contribution >= 0.6 is 0 Å². The van der Waals surface area contributed by atoms with Gasteiger partial charge in [0, 0.05) is 0 Å². The molecular formula is C33H42O. The summed E-state index contributed by atoms with van der Waals surface area (Å²) < 4.78 is 6.58. The van der Waals surface area contributed by atoms with Gasteiger partial charge in [0.25, 0.3) is 0 Å². The van der Waals surface area contributed by atoms with Gasteiger partial charge in [0.05, 0.1) is 0 Å². The third kappa shape index (κ3) is 6.12. The number of ether oxygens (including phenoxy) is 1. The van der Waals surface area contributed by atoms with Crippen LogP contribution < -0.4 is 4.74 Å². The summed E-state index contributed by atoms with van der Waals surface area (Å²) >= 11 is 0. The average Bonchev–Trinajstić information content (AvgIpc) is 2.77. The number of fused-ring (bicyclic) bond motifs is 4. The van der Waals surface area contributed by atoms with Crippen LogP contribution in [0.4, 0.5) is 0 Å². The van der Waals surface area contributed by atoms with Gasteiger partial charge in [0.15, 0.2) is 0 Å². The van der Waals surface area contributed by atoms with Crippen molar-refractivity contribution >= 4 is 0 Å². The average molecular weight is 455 g/mol. The molecule has 180 valence electrons. The third-order valence-corrected chi connectivity index (χ3v) is 7.08. The van der Waals surface area contributed by atoms with E-state index in [1.54, 1.807) is 0 Å². The minimum absolute atomic E-state index is 0.129. The van der Waals surface area contributed by atoms with Crippen LogP contribution in [0.5, 0.6) is 5.75 Å². The molecule has 4 bridgehead atoms. The number of hydrogen-bond donors (Lipinski definition) is 0. The molecule has 1 nitrogen and oxygen atoms in total. The highest BCUT2D eigenvalue weighted by molar-refractivity contribution is 5.47. The van der Waals surface area contributed by atoms with Gasteiger partial charge in [-0.05, 0) is 88.3 Å². The van der Waals surface area contributed by atoms with Crippen LogP contribution in [0.2, 0.25) is 0 Å². The zero-order valence-corrected chi connectivity index (χ0v) is 22.1. The van der Waals surface area contributed by atoms with Crippen LogP contribution in [0.15, 0.2) is 60.7 Å². The van der Waals surface area contributed by atoms with E-state index in [2.05, 4.69) is 102 Å². The molecule has 0 aliphatic heterocycles. The molecule has 0 saturated heterocycles. The lowest BCUT2D eigenvalue weighted by molar-refractivity contribution is 0.298. The van der Waals surface area contributed by atoms with Crippen molar-refractivity contribution in [2.45, 2.75) is 97.5 Å². The standard InChI is InChI=1S/C33H42O/c1-32(2,3)29-19-25-14-10-16-27-21-30(33(4,5)6)22-28(17-11-15-26(18-25)20-29)31(27)34-23-24-12-8-7-9-13-24/h7-9,12-13,18-22H,10-11,14-17,23H2,1-6H3. The van der Waals surface area contributed by atoms with Gasteiger partial charge >= 0.3 is 0 Å². The molecule has 34 heavy (non-hydrogen) atoms. The fourth-order valence-corrected chi connectivity index (χ4v) is 4.92. The molecule has 0 unspecified atom stereocenters. The Morgan fingerprint density at radius 3 is 1.62 bits per heavy atom. The van der Waals surface area contributed by atoms with Crippen molar-refractivity contribution in [1.82, 2.24) is 0 Å². The second-order valence-electron chi connectivity index (χ2n) is 12.1. The van der Waals surface area contributed by atoms with Crippen molar-refractivity contribution in [3.63, 3.8) is 0 Å². The van der Waals surface area contributed by atoms with E-state index in [0.29, 0.717) is 6.61 Å². The maximum Gasteiger partial charge on any atom is 0.126 e. The number of hydrogen-bond acceptors (Lipinski definition) is 1. The molecule has 0 aromatic heterocycles. The van der Waals surface area contributed by atoms with Gasteiger partial charge in [-0.15, -0.1) is 0 Å².